The lowest BCUT2D eigenvalue weighted by Gasteiger charge is -2.24. The highest BCUT2D eigenvalue weighted by Crippen LogP contribution is 2.33. The number of carbonyl (C=O) groups is 2. The molecule has 0 fully saturated rings. The third-order valence-corrected chi connectivity index (χ3v) is 5.57. The van der Waals surface area contributed by atoms with Crippen molar-refractivity contribution in [2.75, 3.05) is 16.2 Å². The molecule has 0 unspecified atom stereocenters. The van der Waals surface area contributed by atoms with Crippen LogP contribution in [0, 0.1) is 0 Å². The standard InChI is InChI=1S/C16H15Cl2N3O4S/c1-10(22)20-12-3-5-13(6-4-12)26(24,25)21(9-16(19)23)15-8-11(17)2-7-14(15)18/h2-8H,9H2,1H3,(H2,19,23)(H,20,22). The quantitative estimate of drug-likeness (QED) is 0.755. The maximum atomic E-state index is 13.0. The average molecular weight is 416 g/mol. The van der Waals surface area contributed by atoms with Gasteiger partial charge in [-0.2, -0.15) is 0 Å². The van der Waals surface area contributed by atoms with E-state index in [1.54, 1.807) is 0 Å². The summed E-state index contributed by atoms with van der Waals surface area (Å²) >= 11 is 12.0. The van der Waals surface area contributed by atoms with Gasteiger partial charge in [-0.05, 0) is 42.5 Å². The molecule has 0 saturated carbocycles. The van der Waals surface area contributed by atoms with Crippen molar-refractivity contribution in [3.05, 3.63) is 52.5 Å². The Kier molecular flexibility index (Phi) is 6.12. The smallest absolute Gasteiger partial charge is 0.264 e. The highest BCUT2D eigenvalue weighted by atomic mass is 35.5. The molecule has 0 bridgehead atoms. The Labute approximate surface area is 160 Å². The van der Waals surface area contributed by atoms with Crippen LogP contribution in [0.15, 0.2) is 47.4 Å². The van der Waals surface area contributed by atoms with Crippen LogP contribution in [-0.4, -0.2) is 26.8 Å². The van der Waals surface area contributed by atoms with Crippen LogP contribution in [0.5, 0.6) is 0 Å². The van der Waals surface area contributed by atoms with Crippen molar-refractivity contribution >= 4 is 56.4 Å². The SMILES string of the molecule is CC(=O)Nc1ccc(S(=O)(=O)N(CC(N)=O)c2cc(Cl)ccc2Cl)cc1. The van der Waals surface area contributed by atoms with Gasteiger partial charge in [-0.25, -0.2) is 8.42 Å². The molecule has 0 spiro atoms. The number of primary amides is 1. The van der Waals surface area contributed by atoms with E-state index in [9.17, 15) is 18.0 Å². The van der Waals surface area contributed by atoms with Crippen LogP contribution in [0.1, 0.15) is 6.92 Å². The van der Waals surface area contributed by atoms with Crippen molar-refractivity contribution in [1.29, 1.82) is 0 Å². The van der Waals surface area contributed by atoms with Crippen LogP contribution in [0.3, 0.4) is 0 Å². The van der Waals surface area contributed by atoms with Crippen LogP contribution in [-0.2, 0) is 19.6 Å². The summed E-state index contributed by atoms with van der Waals surface area (Å²) in [6.45, 7) is 0.718. The molecule has 0 aromatic heterocycles. The number of carbonyl (C=O) groups excluding carboxylic acids is 2. The summed E-state index contributed by atoms with van der Waals surface area (Å²) in [6.07, 6.45) is 0. The first kappa shape index (κ1) is 20.0. The van der Waals surface area contributed by atoms with Gasteiger partial charge in [0.1, 0.15) is 6.54 Å². The molecule has 0 saturated heterocycles. The third-order valence-electron chi connectivity index (χ3n) is 3.24. The van der Waals surface area contributed by atoms with E-state index < -0.39 is 22.5 Å². The van der Waals surface area contributed by atoms with Crippen molar-refractivity contribution < 1.29 is 18.0 Å². The van der Waals surface area contributed by atoms with Crippen LogP contribution >= 0.6 is 23.2 Å². The van der Waals surface area contributed by atoms with E-state index >= 15 is 0 Å². The fourth-order valence-electron chi connectivity index (χ4n) is 2.16. The Balaban J connectivity index is 2.50. The Morgan fingerprint density at radius 3 is 2.27 bits per heavy atom. The van der Waals surface area contributed by atoms with E-state index in [2.05, 4.69) is 5.32 Å². The van der Waals surface area contributed by atoms with Crippen LogP contribution in [0.2, 0.25) is 10.0 Å². The number of nitrogens with zero attached hydrogens (tertiary/aromatic N) is 1. The minimum atomic E-state index is -4.16. The molecular formula is C16H15Cl2N3O4S. The second-order valence-corrected chi connectivity index (χ2v) is 7.99. The van der Waals surface area contributed by atoms with E-state index in [4.69, 9.17) is 28.9 Å². The number of benzene rings is 2. The third kappa shape index (κ3) is 4.66. The highest BCUT2D eigenvalue weighted by molar-refractivity contribution is 7.92. The van der Waals surface area contributed by atoms with E-state index in [-0.39, 0.29) is 26.5 Å². The van der Waals surface area contributed by atoms with E-state index in [0.717, 1.165) is 4.31 Å². The maximum absolute atomic E-state index is 13.0. The molecule has 138 valence electrons. The van der Waals surface area contributed by atoms with Crippen LogP contribution in [0.4, 0.5) is 11.4 Å². The van der Waals surface area contributed by atoms with Crippen molar-refractivity contribution in [3.8, 4) is 0 Å². The molecule has 2 aromatic carbocycles. The summed E-state index contributed by atoms with van der Waals surface area (Å²) < 4.78 is 26.8. The molecule has 0 heterocycles. The number of rotatable bonds is 6. The Morgan fingerprint density at radius 2 is 1.73 bits per heavy atom. The average Bonchev–Trinajstić information content (AvgIpc) is 2.55. The zero-order valence-corrected chi connectivity index (χ0v) is 15.9. The summed E-state index contributed by atoms with van der Waals surface area (Å²) in [7, 11) is -4.16. The van der Waals surface area contributed by atoms with Crippen molar-refractivity contribution in [3.63, 3.8) is 0 Å². The molecule has 2 aromatic rings. The predicted molar refractivity (Wildman–Crippen MR) is 101 cm³/mol. The van der Waals surface area contributed by atoms with Crippen molar-refractivity contribution in [2.45, 2.75) is 11.8 Å². The molecule has 10 heteroatoms. The predicted octanol–water partition coefficient (Wildman–Crippen LogP) is 2.63. The molecule has 0 aliphatic heterocycles. The van der Waals surface area contributed by atoms with Gasteiger partial charge in [0.15, 0.2) is 0 Å². The molecule has 0 radical (unpaired) electrons. The summed E-state index contributed by atoms with van der Waals surface area (Å²) in [5, 5.41) is 2.87. The van der Waals surface area contributed by atoms with Crippen LogP contribution in [0.25, 0.3) is 0 Å². The first-order chi connectivity index (χ1) is 12.1. The fourth-order valence-corrected chi connectivity index (χ4v) is 4.04. The molecule has 0 aliphatic carbocycles. The number of hydrogen-bond acceptors (Lipinski definition) is 4. The number of sulfonamides is 1. The fraction of sp³-hybridized carbons (Fsp3) is 0.125. The summed E-state index contributed by atoms with van der Waals surface area (Å²) in [5.41, 5.74) is 5.66. The zero-order valence-electron chi connectivity index (χ0n) is 13.6. The largest absolute Gasteiger partial charge is 0.368 e. The van der Waals surface area contributed by atoms with Gasteiger partial charge in [0.25, 0.3) is 10.0 Å². The van der Waals surface area contributed by atoms with Gasteiger partial charge in [-0.15, -0.1) is 0 Å². The first-order valence-corrected chi connectivity index (χ1v) is 9.44. The van der Waals surface area contributed by atoms with Gasteiger partial charge in [0.05, 0.1) is 15.6 Å². The molecule has 7 nitrogen and oxygen atoms in total. The second-order valence-electron chi connectivity index (χ2n) is 5.28. The van der Waals surface area contributed by atoms with Gasteiger partial charge in [-0.1, -0.05) is 23.2 Å². The number of anilines is 2. The van der Waals surface area contributed by atoms with E-state index in [1.807, 2.05) is 0 Å². The summed E-state index contributed by atoms with van der Waals surface area (Å²) in [4.78, 5) is 22.4. The molecule has 2 amide bonds. The molecule has 0 atom stereocenters. The normalized spacial score (nSPS) is 11.0. The highest BCUT2D eigenvalue weighted by Gasteiger charge is 2.28. The van der Waals surface area contributed by atoms with Gasteiger partial charge in [0, 0.05) is 17.6 Å². The van der Waals surface area contributed by atoms with Gasteiger partial charge >= 0.3 is 0 Å². The minimum Gasteiger partial charge on any atom is -0.368 e. The Morgan fingerprint density at radius 1 is 1.12 bits per heavy atom. The Bertz CT molecular complexity index is 946. The van der Waals surface area contributed by atoms with Crippen LogP contribution < -0.4 is 15.4 Å². The molecule has 26 heavy (non-hydrogen) atoms. The van der Waals surface area contributed by atoms with Crippen molar-refractivity contribution in [2.24, 2.45) is 5.73 Å². The molecular weight excluding hydrogens is 401 g/mol. The Hall–Kier alpha value is -2.29. The van der Waals surface area contributed by atoms with E-state index in [0.29, 0.717) is 5.69 Å². The number of nitrogens with one attached hydrogen (secondary N) is 1. The lowest BCUT2D eigenvalue weighted by molar-refractivity contribution is -0.116. The van der Waals surface area contributed by atoms with Gasteiger partial charge in [0.2, 0.25) is 11.8 Å². The summed E-state index contributed by atoms with van der Waals surface area (Å²) in [5.74, 6) is -1.15. The van der Waals surface area contributed by atoms with Gasteiger partial charge in [-0.3, -0.25) is 13.9 Å². The molecule has 2 rings (SSSR count). The number of hydrogen-bond donors (Lipinski definition) is 2. The minimum absolute atomic E-state index is 0.0314. The lowest BCUT2D eigenvalue weighted by atomic mass is 10.3. The first-order valence-electron chi connectivity index (χ1n) is 7.25. The number of halogens is 2. The zero-order chi connectivity index (χ0) is 19.5. The number of nitrogens with two attached hydrogens (primary N) is 1. The summed E-state index contributed by atoms with van der Waals surface area (Å²) in [6, 6.07) is 9.69. The van der Waals surface area contributed by atoms with Gasteiger partial charge < -0.3 is 11.1 Å². The lowest BCUT2D eigenvalue weighted by Crippen LogP contribution is -2.38. The monoisotopic (exact) mass is 415 g/mol. The van der Waals surface area contributed by atoms with Crippen molar-refractivity contribution in [1.82, 2.24) is 0 Å². The number of amides is 2. The molecule has 3 N–H and O–H groups in total. The molecule has 0 aliphatic rings. The van der Waals surface area contributed by atoms with E-state index in [1.165, 1.54) is 49.4 Å². The maximum Gasteiger partial charge on any atom is 0.264 e. The second kappa shape index (κ2) is 7.94. The topological polar surface area (TPSA) is 110 Å².